The summed E-state index contributed by atoms with van der Waals surface area (Å²) < 4.78 is 2.76. The largest absolute Gasteiger partial charge is 0.332 e. The van der Waals surface area contributed by atoms with Gasteiger partial charge in [-0.25, -0.2) is 9.79 Å². The maximum Gasteiger partial charge on any atom is 0.332 e. The van der Waals surface area contributed by atoms with Gasteiger partial charge in [-0.1, -0.05) is 20.8 Å². The molecule has 0 saturated heterocycles. The van der Waals surface area contributed by atoms with E-state index in [0.717, 1.165) is 0 Å². The molecule has 1 aliphatic rings. The Balaban J connectivity index is 2.68. The van der Waals surface area contributed by atoms with E-state index < -0.39 is 0 Å². The van der Waals surface area contributed by atoms with Gasteiger partial charge in [0.15, 0.2) is 0 Å². The lowest BCUT2D eigenvalue weighted by atomic mass is 9.97. The highest BCUT2D eigenvalue weighted by Crippen LogP contribution is 2.19. The number of nitrogens with zero attached hydrogens (tertiary/aromatic N) is 3. The fourth-order valence-electron chi connectivity index (χ4n) is 2.00. The van der Waals surface area contributed by atoms with Gasteiger partial charge in [-0.05, 0) is 5.41 Å². The molecule has 0 unspecified atom stereocenters. The van der Waals surface area contributed by atoms with Crippen molar-refractivity contribution in [2.75, 3.05) is 0 Å². The summed E-state index contributed by atoms with van der Waals surface area (Å²) in [5, 5.41) is 0. The molecule has 0 saturated carbocycles. The average Bonchev–Trinajstić information content (AvgIpc) is 2.69. The number of hydrogen-bond donors (Lipinski definition) is 0. The van der Waals surface area contributed by atoms with Gasteiger partial charge in [-0.15, -0.1) is 0 Å². The first-order valence-corrected chi connectivity index (χ1v) is 5.66. The van der Waals surface area contributed by atoms with Crippen molar-refractivity contribution < 1.29 is 0 Å². The van der Waals surface area contributed by atoms with Gasteiger partial charge in [0.2, 0.25) is 0 Å². The van der Waals surface area contributed by atoms with Gasteiger partial charge in [0.1, 0.15) is 5.82 Å². The summed E-state index contributed by atoms with van der Waals surface area (Å²) >= 11 is 0. The minimum atomic E-state index is -0.289. The van der Waals surface area contributed by atoms with E-state index >= 15 is 0 Å². The van der Waals surface area contributed by atoms with Gasteiger partial charge in [0.05, 0.1) is 5.56 Å². The van der Waals surface area contributed by atoms with Crippen molar-refractivity contribution in [3.8, 4) is 0 Å². The highest BCUT2D eigenvalue weighted by atomic mass is 16.2. The van der Waals surface area contributed by atoms with Crippen LogP contribution in [0.4, 0.5) is 5.82 Å². The van der Waals surface area contributed by atoms with Crippen LogP contribution in [0.2, 0.25) is 0 Å². The Labute approximate surface area is 99.4 Å². The van der Waals surface area contributed by atoms with Crippen LogP contribution in [0.3, 0.4) is 0 Å². The molecule has 5 nitrogen and oxygen atoms in total. The second kappa shape index (κ2) is 3.68. The number of aliphatic imine (C=N–C) groups is 1. The third kappa shape index (κ3) is 1.97. The van der Waals surface area contributed by atoms with Crippen LogP contribution in [-0.4, -0.2) is 15.3 Å². The summed E-state index contributed by atoms with van der Waals surface area (Å²) in [6, 6.07) is 0. The molecule has 5 heteroatoms. The Morgan fingerprint density at radius 3 is 2.59 bits per heavy atom. The van der Waals surface area contributed by atoms with E-state index in [9.17, 15) is 9.59 Å². The summed E-state index contributed by atoms with van der Waals surface area (Å²) in [5.74, 6) is 0.505. The van der Waals surface area contributed by atoms with E-state index in [-0.39, 0.29) is 16.7 Å². The molecule has 17 heavy (non-hydrogen) atoms. The van der Waals surface area contributed by atoms with Crippen molar-refractivity contribution in [2.45, 2.75) is 33.7 Å². The Kier molecular flexibility index (Phi) is 2.56. The molecule has 1 aliphatic heterocycles. The zero-order chi connectivity index (χ0) is 12.8. The first-order chi connectivity index (χ1) is 7.81. The van der Waals surface area contributed by atoms with Crippen LogP contribution in [0.15, 0.2) is 14.6 Å². The molecule has 1 aromatic heterocycles. The smallest absolute Gasteiger partial charge is 0.281 e. The summed E-state index contributed by atoms with van der Waals surface area (Å²) in [5.41, 5.74) is 0.0264. The van der Waals surface area contributed by atoms with Gasteiger partial charge in [0.25, 0.3) is 5.56 Å². The molecule has 0 aliphatic carbocycles. The van der Waals surface area contributed by atoms with E-state index in [1.54, 1.807) is 13.3 Å². The second-order valence-corrected chi connectivity index (χ2v) is 5.61. The third-order valence-electron chi connectivity index (χ3n) is 2.75. The molecule has 2 heterocycles. The normalized spacial score (nSPS) is 14.1. The molecule has 1 aromatic rings. The molecule has 0 bridgehead atoms. The molecule has 2 rings (SSSR count). The zero-order valence-corrected chi connectivity index (χ0v) is 10.6. The lowest BCUT2D eigenvalue weighted by Crippen LogP contribution is -2.42. The molecular formula is C12H17N3O2. The number of hydrogen-bond acceptors (Lipinski definition) is 3. The first-order valence-electron chi connectivity index (χ1n) is 5.66. The van der Waals surface area contributed by atoms with Crippen LogP contribution in [0, 0.1) is 5.41 Å². The Bertz CT molecular complexity index is 600. The van der Waals surface area contributed by atoms with Crippen LogP contribution >= 0.6 is 0 Å². The van der Waals surface area contributed by atoms with E-state index in [2.05, 4.69) is 4.99 Å². The van der Waals surface area contributed by atoms with Crippen molar-refractivity contribution in [1.82, 2.24) is 9.13 Å². The lowest BCUT2D eigenvalue weighted by Gasteiger charge is -2.20. The highest BCUT2D eigenvalue weighted by Gasteiger charge is 2.22. The summed E-state index contributed by atoms with van der Waals surface area (Å²) in [6.07, 6.45) is 2.19. The zero-order valence-electron chi connectivity index (χ0n) is 10.6. The predicted molar refractivity (Wildman–Crippen MR) is 67.3 cm³/mol. The van der Waals surface area contributed by atoms with E-state index in [0.29, 0.717) is 24.3 Å². The standard InChI is InChI=1S/C12H17N3O2/c1-12(2,3)7-15-10(16)8-5-6-13-9(8)14(4)11(15)17/h6H,5,7H2,1-4H3. The number of fused-ring (bicyclic) bond motifs is 1. The van der Waals surface area contributed by atoms with Crippen molar-refractivity contribution in [3.05, 3.63) is 26.4 Å². The maximum absolute atomic E-state index is 12.2. The molecule has 0 spiro atoms. The molecule has 0 radical (unpaired) electrons. The van der Waals surface area contributed by atoms with Crippen LogP contribution in [0.1, 0.15) is 26.3 Å². The summed E-state index contributed by atoms with van der Waals surface area (Å²) in [6.45, 7) is 6.43. The van der Waals surface area contributed by atoms with E-state index in [1.807, 2.05) is 20.8 Å². The Morgan fingerprint density at radius 1 is 1.35 bits per heavy atom. The molecule has 92 valence electrons. The van der Waals surface area contributed by atoms with Gasteiger partial charge < -0.3 is 0 Å². The van der Waals surface area contributed by atoms with Crippen molar-refractivity contribution in [1.29, 1.82) is 0 Å². The summed E-state index contributed by atoms with van der Waals surface area (Å²) in [4.78, 5) is 28.3. The van der Waals surface area contributed by atoms with Crippen molar-refractivity contribution in [3.63, 3.8) is 0 Å². The average molecular weight is 235 g/mol. The predicted octanol–water partition coefficient (Wildman–Crippen LogP) is 0.851. The van der Waals surface area contributed by atoms with Crippen LogP contribution in [-0.2, 0) is 20.0 Å². The Hall–Kier alpha value is -1.65. The fraction of sp³-hybridized carbons (Fsp3) is 0.583. The van der Waals surface area contributed by atoms with E-state index in [4.69, 9.17) is 0 Å². The van der Waals surface area contributed by atoms with Crippen molar-refractivity contribution in [2.24, 2.45) is 17.5 Å². The number of rotatable bonds is 1. The van der Waals surface area contributed by atoms with Gasteiger partial charge in [-0.3, -0.25) is 13.9 Å². The molecular weight excluding hydrogens is 218 g/mol. The van der Waals surface area contributed by atoms with Crippen LogP contribution < -0.4 is 11.2 Å². The molecule has 0 N–H and O–H groups in total. The quantitative estimate of drug-likeness (QED) is 0.724. The monoisotopic (exact) mass is 235 g/mol. The van der Waals surface area contributed by atoms with Gasteiger partial charge in [0, 0.05) is 26.2 Å². The number of aromatic nitrogens is 2. The third-order valence-corrected chi connectivity index (χ3v) is 2.75. The van der Waals surface area contributed by atoms with Crippen LogP contribution in [0.25, 0.3) is 0 Å². The van der Waals surface area contributed by atoms with E-state index in [1.165, 1.54) is 9.13 Å². The topological polar surface area (TPSA) is 56.4 Å². The van der Waals surface area contributed by atoms with Crippen LogP contribution in [0.5, 0.6) is 0 Å². The highest BCUT2D eigenvalue weighted by molar-refractivity contribution is 5.73. The molecule has 0 atom stereocenters. The fourth-order valence-corrected chi connectivity index (χ4v) is 2.00. The second-order valence-electron chi connectivity index (χ2n) is 5.61. The minimum absolute atomic E-state index is 0.107. The molecule has 0 fully saturated rings. The molecule has 0 aromatic carbocycles. The SMILES string of the molecule is Cn1c2c(c(=O)n(CC(C)(C)C)c1=O)CC=N2. The van der Waals surface area contributed by atoms with Crippen molar-refractivity contribution >= 4 is 12.0 Å². The maximum atomic E-state index is 12.2. The minimum Gasteiger partial charge on any atom is -0.281 e. The lowest BCUT2D eigenvalue weighted by molar-refractivity contribution is 0.326. The van der Waals surface area contributed by atoms with Gasteiger partial charge in [-0.2, -0.15) is 0 Å². The Morgan fingerprint density at radius 2 is 2.00 bits per heavy atom. The first kappa shape index (κ1) is 11.8. The molecule has 0 amide bonds. The summed E-state index contributed by atoms with van der Waals surface area (Å²) in [7, 11) is 1.66. The van der Waals surface area contributed by atoms with Gasteiger partial charge >= 0.3 is 5.69 Å².